The number of nitrogens with zero attached hydrogens (tertiary/aromatic N) is 1. The van der Waals surface area contributed by atoms with E-state index in [0.717, 1.165) is 11.8 Å². The molecule has 0 aromatic carbocycles. The fraction of sp³-hybridized carbons (Fsp3) is 0.933. The number of hydrogen-bond acceptors (Lipinski definition) is 4. The first-order valence-electron chi connectivity index (χ1n) is 7.53. The van der Waals surface area contributed by atoms with Crippen LogP contribution in [0.15, 0.2) is 0 Å². The number of carbonyl (C=O) groups excluding carboxylic acids is 1. The average molecular weight is 268 g/mol. The summed E-state index contributed by atoms with van der Waals surface area (Å²) in [5.41, 5.74) is 5.23. The van der Waals surface area contributed by atoms with Gasteiger partial charge in [0.1, 0.15) is 5.54 Å². The fourth-order valence-corrected chi connectivity index (χ4v) is 2.76. The molecule has 0 saturated heterocycles. The van der Waals surface area contributed by atoms with Crippen LogP contribution in [0.5, 0.6) is 0 Å². The summed E-state index contributed by atoms with van der Waals surface area (Å²) in [5.74, 6) is 1.45. The molecule has 0 heterocycles. The molecule has 0 spiro atoms. The minimum atomic E-state index is -0.875. The first kappa shape index (κ1) is 14.8. The van der Waals surface area contributed by atoms with E-state index in [2.05, 4.69) is 11.8 Å². The van der Waals surface area contributed by atoms with Crippen molar-refractivity contribution in [2.45, 2.75) is 57.5 Å². The van der Waals surface area contributed by atoms with E-state index in [-0.39, 0.29) is 5.97 Å². The molecule has 0 aromatic rings. The Labute approximate surface area is 116 Å². The van der Waals surface area contributed by atoms with Gasteiger partial charge in [-0.3, -0.25) is 4.79 Å². The fourth-order valence-electron chi connectivity index (χ4n) is 2.76. The van der Waals surface area contributed by atoms with Crippen molar-refractivity contribution < 1.29 is 9.53 Å². The topological polar surface area (TPSA) is 55.6 Å². The highest BCUT2D eigenvalue weighted by Crippen LogP contribution is 2.35. The maximum atomic E-state index is 11.7. The molecule has 19 heavy (non-hydrogen) atoms. The van der Waals surface area contributed by atoms with Crippen molar-refractivity contribution in [1.82, 2.24) is 4.90 Å². The summed E-state index contributed by atoms with van der Waals surface area (Å²) in [4.78, 5) is 14.2. The minimum absolute atomic E-state index is 0.308. The van der Waals surface area contributed by atoms with E-state index >= 15 is 0 Å². The molecule has 2 saturated carbocycles. The van der Waals surface area contributed by atoms with Crippen molar-refractivity contribution in [3.8, 4) is 0 Å². The van der Waals surface area contributed by atoms with Crippen LogP contribution in [0.2, 0.25) is 0 Å². The summed E-state index contributed by atoms with van der Waals surface area (Å²) in [6, 6.07) is 0.343. The van der Waals surface area contributed by atoms with E-state index in [1.54, 1.807) is 6.92 Å². The predicted octanol–water partition coefficient (Wildman–Crippen LogP) is 1.78. The number of nitrogens with two attached hydrogens (primary N) is 1. The molecule has 2 aliphatic carbocycles. The second-order valence-corrected chi connectivity index (χ2v) is 6.80. The molecule has 0 radical (unpaired) electrons. The van der Waals surface area contributed by atoms with Crippen molar-refractivity contribution in [2.24, 2.45) is 17.6 Å². The van der Waals surface area contributed by atoms with Crippen LogP contribution in [-0.4, -0.2) is 42.6 Å². The lowest BCUT2D eigenvalue weighted by Crippen LogP contribution is -2.51. The Bertz CT molecular complexity index is 308. The highest BCUT2D eigenvalue weighted by atomic mass is 16.5. The van der Waals surface area contributed by atoms with Gasteiger partial charge in [-0.2, -0.15) is 0 Å². The molecule has 0 aliphatic heterocycles. The summed E-state index contributed by atoms with van der Waals surface area (Å²) in [5, 5.41) is 0. The summed E-state index contributed by atoms with van der Waals surface area (Å²) in [6.07, 6.45) is 6.13. The lowest BCUT2D eigenvalue weighted by molar-refractivity contribution is -0.147. The van der Waals surface area contributed by atoms with Gasteiger partial charge in [0.15, 0.2) is 0 Å². The lowest BCUT2D eigenvalue weighted by Gasteiger charge is -2.34. The zero-order valence-electron chi connectivity index (χ0n) is 12.5. The van der Waals surface area contributed by atoms with E-state index in [4.69, 9.17) is 10.5 Å². The summed E-state index contributed by atoms with van der Waals surface area (Å²) >= 11 is 0. The monoisotopic (exact) mass is 268 g/mol. The molecular weight excluding hydrogens is 240 g/mol. The van der Waals surface area contributed by atoms with Crippen molar-refractivity contribution in [1.29, 1.82) is 0 Å². The molecule has 0 bridgehead atoms. The molecule has 0 aromatic heterocycles. The Morgan fingerprint density at radius 1 is 1.32 bits per heavy atom. The second kappa shape index (κ2) is 5.80. The lowest BCUT2D eigenvalue weighted by atomic mass is 9.94. The minimum Gasteiger partial charge on any atom is -0.468 e. The zero-order valence-corrected chi connectivity index (χ0v) is 12.5. The van der Waals surface area contributed by atoms with Gasteiger partial charge in [-0.15, -0.1) is 0 Å². The number of hydrogen-bond donors (Lipinski definition) is 1. The van der Waals surface area contributed by atoms with Gasteiger partial charge in [0.2, 0.25) is 0 Å². The molecule has 4 nitrogen and oxygen atoms in total. The van der Waals surface area contributed by atoms with Crippen LogP contribution < -0.4 is 5.73 Å². The normalized spacial score (nSPS) is 24.1. The maximum absolute atomic E-state index is 11.7. The van der Waals surface area contributed by atoms with Gasteiger partial charge in [-0.25, -0.2) is 0 Å². The standard InChI is InChI=1S/C15H28N2O2/c1-11(8-15(2,16)14(18)19-3)17(9-12-4-5-12)10-13-6-7-13/h11-13H,4-10,16H2,1-3H3. The molecule has 2 N–H and O–H groups in total. The van der Waals surface area contributed by atoms with Gasteiger partial charge in [0, 0.05) is 19.1 Å². The van der Waals surface area contributed by atoms with Crippen LogP contribution in [0, 0.1) is 11.8 Å². The zero-order chi connectivity index (χ0) is 14.0. The van der Waals surface area contributed by atoms with Crippen molar-refractivity contribution >= 4 is 5.97 Å². The molecule has 110 valence electrons. The summed E-state index contributed by atoms with van der Waals surface area (Å²) in [7, 11) is 1.41. The molecule has 2 aliphatic rings. The van der Waals surface area contributed by atoms with E-state index in [0.29, 0.717) is 12.5 Å². The molecule has 2 unspecified atom stereocenters. The van der Waals surface area contributed by atoms with E-state index < -0.39 is 5.54 Å². The molecule has 0 amide bonds. The Morgan fingerprint density at radius 2 is 1.79 bits per heavy atom. The highest BCUT2D eigenvalue weighted by molar-refractivity contribution is 5.79. The van der Waals surface area contributed by atoms with Crippen molar-refractivity contribution in [3.63, 3.8) is 0 Å². The van der Waals surface area contributed by atoms with Gasteiger partial charge in [-0.05, 0) is 57.8 Å². The molecule has 2 fully saturated rings. The summed E-state index contributed by atoms with van der Waals surface area (Å²) in [6.45, 7) is 6.32. The largest absolute Gasteiger partial charge is 0.468 e. The Morgan fingerprint density at radius 3 is 2.16 bits per heavy atom. The highest BCUT2D eigenvalue weighted by Gasteiger charge is 2.36. The number of esters is 1. The van der Waals surface area contributed by atoms with Crippen molar-refractivity contribution in [3.05, 3.63) is 0 Å². The van der Waals surface area contributed by atoms with Crippen LogP contribution in [0.4, 0.5) is 0 Å². The van der Waals surface area contributed by atoms with Gasteiger partial charge < -0.3 is 15.4 Å². The van der Waals surface area contributed by atoms with Gasteiger partial charge in [0.25, 0.3) is 0 Å². The summed E-state index contributed by atoms with van der Waals surface area (Å²) < 4.78 is 4.80. The Kier molecular flexibility index (Phi) is 4.51. The quantitative estimate of drug-likeness (QED) is 0.682. The molecule has 2 rings (SSSR count). The first-order valence-corrected chi connectivity index (χ1v) is 7.53. The number of carbonyl (C=O) groups is 1. The van der Waals surface area contributed by atoms with E-state index in [1.165, 1.54) is 45.9 Å². The predicted molar refractivity (Wildman–Crippen MR) is 75.7 cm³/mol. The third kappa shape index (κ3) is 4.46. The number of ether oxygens (including phenoxy) is 1. The third-order valence-corrected chi connectivity index (χ3v) is 4.37. The Hall–Kier alpha value is -0.610. The average Bonchev–Trinajstić information content (AvgIpc) is 3.21. The van der Waals surface area contributed by atoms with Crippen molar-refractivity contribution in [2.75, 3.05) is 20.2 Å². The van der Waals surface area contributed by atoms with Gasteiger partial charge in [0.05, 0.1) is 7.11 Å². The Balaban J connectivity index is 1.89. The van der Waals surface area contributed by atoms with Crippen LogP contribution in [0.3, 0.4) is 0 Å². The van der Waals surface area contributed by atoms with Gasteiger partial charge >= 0.3 is 5.97 Å². The van der Waals surface area contributed by atoms with Crippen LogP contribution in [-0.2, 0) is 9.53 Å². The third-order valence-electron chi connectivity index (χ3n) is 4.37. The number of rotatable bonds is 8. The van der Waals surface area contributed by atoms with Crippen LogP contribution >= 0.6 is 0 Å². The van der Waals surface area contributed by atoms with Crippen LogP contribution in [0.25, 0.3) is 0 Å². The van der Waals surface area contributed by atoms with Gasteiger partial charge in [-0.1, -0.05) is 0 Å². The SMILES string of the molecule is COC(=O)C(C)(N)CC(C)N(CC1CC1)CC1CC1. The van der Waals surface area contributed by atoms with E-state index in [9.17, 15) is 4.79 Å². The molecule has 4 heteroatoms. The molecular formula is C15H28N2O2. The number of methoxy groups -OCH3 is 1. The first-order chi connectivity index (χ1) is 8.92. The van der Waals surface area contributed by atoms with E-state index in [1.807, 2.05) is 0 Å². The second-order valence-electron chi connectivity index (χ2n) is 6.80. The van der Waals surface area contributed by atoms with Crippen LogP contribution in [0.1, 0.15) is 46.0 Å². The molecule has 2 atom stereocenters. The smallest absolute Gasteiger partial charge is 0.325 e. The maximum Gasteiger partial charge on any atom is 0.325 e.